The SMILES string of the molecule is CCCN(CCN(C)C)CC1(CC(=O)O)CC1. The van der Waals surface area contributed by atoms with Crippen LogP contribution < -0.4 is 0 Å². The van der Waals surface area contributed by atoms with Gasteiger partial charge in [-0.2, -0.15) is 0 Å². The number of carbonyl (C=O) groups is 1. The van der Waals surface area contributed by atoms with Crippen molar-refractivity contribution in [3.63, 3.8) is 0 Å². The molecule has 1 rings (SSSR count). The van der Waals surface area contributed by atoms with Crippen molar-refractivity contribution in [2.45, 2.75) is 32.6 Å². The van der Waals surface area contributed by atoms with Gasteiger partial charge in [-0.25, -0.2) is 0 Å². The number of likely N-dealkylation sites (N-methyl/N-ethyl adjacent to an activating group) is 1. The summed E-state index contributed by atoms with van der Waals surface area (Å²) in [4.78, 5) is 15.4. The Morgan fingerprint density at radius 3 is 2.29 bits per heavy atom. The van der Waals surface area contributed by atoms with Gasteiger partial charge in [-0.15, -0.1) is 0 Å². The first-order valence-electron chi connectivity index (χ1n) is 6.56. The highest BCUT2D eigenvalue weighted by Crippen LogP contribution is 2.49. The van der Waals surface area contributed by atoms with Gasteiger partial charge in [0, 0.05) is 19.6 Å². The second-order valence-electron chi connectivity index (χ2n) is 5.65. The van der Waals surface area contributed by atoms with E-state index in [9.17, 15) is 4.79 Å². The van der Waals surface area contributed by atoms with Crippen LogP contribution in [0.5, 0.6) is 0 Å². The van der Waals surface area contributed by atoms with Crippen molar-refractivity contribution in [1.82, 2.24) is 9.80 Å². The number of hydrogen-bond donors (Lipinski definition) is 1. The Balaban J connectivity index is 2.40. The molecule has 1 aliphatic rings. The summed E-state index contributed by atoms with van der Waals surface area (Å²) in [5.41, 5.74) is 0.0906. The van der Waals surface area contributed by atoms with Crippen LogP contribution in [0, 0.1) is 5.41 Å². The summed E-state index contributed by atoms with van der Waals surface area (Å²) in [5.74, 6) is -0.647. The molecule has 0 aromatic carbocycles. The summed E-state index contributed by atoms with van der Waals surface area (Å²) < 4.78 is 0. The molecule has 100 valence electrons. The van der Waals surface area contributed by atoms with E-state index in [-0.39, 0.29) is 5.41 Å². The Morgan fingerprint density at radius 1 is 1.24 bits per heavy atom. The van der Waals surface area contributed by atoms with Gasteiger partial charge < -0.3 is 14.9 Å². The van der Waals surface area contributed by atoms with Crippen LogP contribution in [0.2, 0.25) is 0 Å². The minimum atomic E-state index is -0.647. The maximum absolute atomic E-state index is 10.8. The van der Waals surface area contributed by atoms with Crippen LogP contribution in [0.15, 0.2) is 0 Å². The van der Waals surface area contributed by atoms with Crippen LogP contribution in [0.1, 0.15) is 32.6 Å². The third kappa shape index (κ3) is 5.50. The summed E-state index contributed by atoms with van der Waals surface area (Å²) in [6.07, 6.45) is 3.65. The van der Waals surface area contributed by atoms with Crippen LogP contribution in [0.3, 0.4) is 0 Å². The average molecular weight is 242 g/mol. The molecule has 0 heterocycles. The molecule has 0 unspecified atom stereocenters. The van der Waals surface area contributed by atoms with Crippen LogP contribution in [-0.4, -0.2) is 61.2 Å². The van der Waals surface area contributed by atoms with E-state index in [0.717, 1.165) is 45.4 Å². The van der Waals surface area contributed by atoms with Gasteiger partial charge in [-0.05, 0) is 45.3 Å². The molecule has 1 saturated carbocycles. The molecule has 0 aromatic rings. The highest BCUT2D eigenvalue weighted by Gasteiger charge is 2.45. The first-order chi connectivity index (χ1) is 7.97. The van der Waals surface area contributed by atoms with Crippen molar-refractivity contribution in [2.24, 2.45) is 5.41 Å². The van der Waals surface area contributed by atoms with Crippen molar-refractivity contribution in [3.8, 4) is 0 Å². The topological polar surface area (TPSA) is 43.8 Å². The lowest BCUT2D eigenvalue weighted by atomic mass is 10.0. The van der Waals surface area contributed by atoms with Crippen LogP contribution in [0.4, 0.5) is 0 Å². The van der Waals surface area contributed by atoms with Gasteiger partial charge in [0.2, 0.25) is 0 Å². The average Bonchev–Trinajstić information content (AvgIpc) is 2.93. The smallest absolute Gasteiger partial charge is 0.303 e. The Hall–Kier alpha value is -0.610. The molecular formula is C13H26N2O2. The van der Waals surface area contributed by atoms with E-state index >= 15 is 0 Å². The molecule has 1 aliphatic carbocycles. The molecule has 0 saturated heterocycles. The highest BCUT2D eigenvalue weighted by molar-refractivity contribution is 5.68. The highest BCUT2D eigenvalue weighted by atomic mass is 16.4. The van der Waals surface area contributed by atoms with E-state index in [0.29, 0.717) is 6.42 Å². The number of hydrogen-bond acceptors (Lipinski definition) is 3. The molecule has 0 aromatic heterocycles. The zero-order valence-corrected chi connectivity index (χ0v) is 11.4. The summed E-state index contributed by atoms with van der Waals surface area (Å²) >= 11 is 0. The predicted molar refractivity (Wildman–Crippen MR) is 69.2 cm³/mol. The van der Waals surface area contributed by atoms with Gasteiger partial charge in [0.15, 0.2) is 0 Å². The van der Waals surface area contributed by atoms with Gasteiger partial charge in [-0.3, -0.25) is 4.79 Å². The fourth-order valence-electron chi connectivity index (χ4n) is 2.29. The van der Waals surface area contributed by atoms with Gasteiger partial charge in [0.05, 0.1) is 6.42 Å². The molecule has 0 atom stereocenters. The number of rotatable bonds is 9. The fraction of sp³-hybridized carbons (Fsp3) is 0.923. The molecule has 4 nitrogen and oxygen atoms in total. The van der Waals surface area contributed by atoms with E-state index in [1.54, 1.807) is 0 Å². The van der Waals surface area contributed by atoms with Crippen LogP contribution in [0.25, 0.3) is 0 Å². The Bertz CT molecular complexity index is 250. The summed E-state index contributed by atoms with van der Waals surface area (Å²) in [7, 11) is 4.16. The molecule has 1 fully saturated rings. The van der Waals surface area contributed by atoms with Crippen LogP contribution >= 0.6 is 0 Å². The molecule has 1 N–H and O–H groups in total. The second kappa shape index (κ2) is 6.36. The van der Waals surface area contributed by atoms with Crippen molar-refractivity contribution < 1.29 is 9.90 Å². The maximum atomic E-state index is 10.8. The zero-order valence-electron chi connectivity index (χ0n) is 11.4. The first-order valence-corrected chi connectivity index (χ1v) is 6.56. The predicted octanol–water partition coefficient (Wildman–Crippen LogP) is 1.51. The molecule has 0 radical (unpaired) electrons. The lowest BCUT2D eigenvalue weighted by Gasteiger charge is -2.27. The quantitative estimate of drug-likeness (QED) is 0.665. The van der Waals surface area contributed by atoms with E-state index in [2.05, 4.69) is 30.8 Å². The van der Waals surface area contributed by atoms with E-state index in [1.165, 1.54) is 0 Å². The fourth-order valence-corrected chi connectivity index (χ4v) is 2.29. The van der Waals surface area contributed by atoms with Gasteiger partial charge in [-0.1, -0.05) is 6.92 Å². The van der Waals surface area contributed by atoms with Crippen molar-refractivity contribution >= 4 is 5.97 Å². The molecule has 4 heteroatoms. The third-order valence-electron chi connectivity index (χ3n) is 3.45. The van der Waals surface area contributed by atoms with Gasteiger partial charge in [0.25, 0.3) is 0 Å². The number of carboxylic acid groups (broad SMARTS) is 1. The minimum Gasteiger partial charge on any atom is -0.481 e. The summed E-state index contributed by atoms with van der Waals surface area (Å²) in [6.45, 7) is 6.31. The van der Waals surface area contributed by atoms with E-state index in [4.69, 9.17) is 5.11 Å². The normalized spacial score (nSPS) is 17.7. The van der Waals surface area contributed by atoms with Crippen molar-refractivity contribution in [1.29, 1.82) is 0 Å². The molecule has 17 heavy (non-hydrogen) atoms. The molecule has 0 spiro atoms. The first kappa shape index (κ1) is 14.5. The largest absolute Gasteiger partial charge is 0.481 e. The van der Waals surface area contributed by atoms with Crippen molar-refractivity contribution in [3.05, 3.63) is 0 Å². The Morgan fingerprint density at radius 2 is 1.88 bits per heavy atom. The molecule has 0 amide bonds. The standard InChI is InChI=1S/C13H26N2O2/c1-4-7-15(9-8-14(2)3)11-13(5-6-13)10-12(16)17/h4-11H2,1-3H3,(H,16,17). The molecular weight excluding hydrogens is 216 g/mol. The minimum absolute atomic E-state index is 0.0906. The third-order valence-corrected chi connectivity index (χ3v) is 3.45. The van der Waals surface area contributed by atoms with E-state index in [1.807, 2.05) is 0 Å². The van der Waals surface area contributed by atoms with Gasteiger partial charge in [0.1, 0.15) is 0 Å². The number of aliphatic carboxylic acids is 1. The molecule has 0 bridgehead atoms. The maximum Gasteiger partial charge on any atom is 0.303 e. The Kier molecular flexibility index (Phi) is 5.40. The monoisotopic (exact) mass is 242 g/mol. The van der Waals surface area contributed by atoms with Crippen LogP contribution in [-0.2, 0) is 4.79 Å². The number of nitrogens with zero attached hydrogens (tertiary/aromatic N) is 2. The summed E-state index contributed by atoms with van der Waals surface area (Å²) in [6, 6.07) is 0. The molecule has 0 aliphatic heterocycles. The lowest BCUT2D eigenvalue weighted by molar-refractivity contribution is -0.138. The zero-order chi connectivity index (χ0) is 12.9. The lowest BCUT2D eigenvalue weighted by Crippen LogP contribution is -2.37. The summed E-state index contributed by atoms with van der Waals surface area (Å²) in [5, 5.41) is 8.92. The second-order valence-corrected chi connectivity index (χ2v) is 5.65. The van der Waals surface area contributed by atoms with Gasteiger partial charge >= 0.3 is 5.97 Å². The van der Waals surface area contributed by atoms with E-state index < -0.39 is 5.97 Å². The van der Waals surface area contributed by atoms with Crippen molar-refractivity contribution in [2.75, 3.05) is 40.3 Å². The number of carboxylic acids is 1. The Labute approximate surface area is 105 Å².